The fourth-order valence-electron chi connectivity index (χ4n) is 3.31. The molecule has 0 aromatic heterocycles. The minimum absolute atomic E-state index is 1.10. The predicted molar refractivity (Wildman–Crippen MR) is 21.1 cm³/mol. The topological polar surface area (TPSA) is 0 Å². The Hall–Kier alpha value is 0. The summed E-state index contributed by atoms with van der Waals surface area (Å²) in [5.41, 5.74) is 3.29. The van der Waals surface area contributed by atoms with Gasteiger partial charge >= 0.3 is 0 Å². The van der Waals surface area contributed by atoms with Crippen LogP contribution in [0.15, 0.2) is 0 Å². The van der Waals surface area contributed by atoms with E-state index in [2.05, 4.69) is 0 Å². The summed E-state index contributed by atoms with van der Waals surface area (Å²) in [6.45, 7) is 0. The smallest absolute Gasteiger partial charge is 0.0161 e. The standard InChI is InChI=1S/C6H6/c1-4-2-6(4)3-5(1,4)6/h1-3H2. The molecule has 0 bridgehead atoms. The third-order valence-corrected chi connectivity index (χ3v) is 4.12. The summed E-state index contributed by atoms with van der Waals surface area (Å²) in [5.74, 6) is 0. The van der Waals surface area contributed by atoms with E-state index in [9.17, 15) is 0 Å². The fourth-order valence-corrected chi connectivity index (χ4v) is 3.31. The number of rotatable bonds is 0. The van der Waals surface area contributed by atoms with E-state index in [1.165, 1.54) is 0 Å². The van der Waals surface area contributed by atoms with Gasteiger partial charge in [-0.3, -0.25) is 0 Å². The summed E-state index contributed by atoms with van der Waals surface area (Å²) >= 11 is 0. The maximum atomic E-state index is 1.65. The van der Waals surface area contributed by atoms with E-state index in [-0.39, 0.29) is 0 Å². The van der Waals surface area contributed by atoms with Crippen LogP contribution in [0.1, 0.15) is 19.3 Å². The van der Waals surface area contributed by atoms with Gasteiger partial charge in [-0.1, -0.05) is 0 Å². The highest BCUT2D eigenvalue weighted by Crippen LogP contribution is 3.28. The normalized spacial score (nSPS) is 108. The number of hydrogen-bond acceptors (Lipinski definition) is 0. The summed E-state index contributed by atoms with van der Waals surface area (Å²) in [5, 5.41) is 0. The molecule has 0 amide bonds. The highest BCUT2D eigenvalue weighted by molar-refractivity contribution is 5.69. The summed E-state index contributed by atoms with van der Waals surface area (Å²) in [6.07, 6.45) is 4.96. The molecule has 4 fully saturated rings. The summed E-state index contributed by atoms with van der Waals surface area (Å²) in [6, 6.07) is 0. The molecule has 0 aromatic carbocycles. The molecule has 0 aromatic rings. The van der Waals surface area contributed by atoms with Gasteiger partial charge in [0.15, 0.2) is 0 Å². The zero-order chi connectivity index (χ0) is 3.62. The SMILES string of the molecule is C1C23CC24CC134. The Labute approximate surface area is 36.5 Å². The molecule has 4 aliphatic rings. The van der Waals surface area contributed by atoms with E-state index in [1.807, 2.05) is 0 Å². The molecule has 0 heterocycles. The van der Waals surface area contributed by atoms with Crippen LogP contribution in [-0.2, 0) is 0 Å². The van der Waals surface area contributed by atoms with E-state index >= 15 is 0 Å². The van der Waals surface area contributed by atoms with Crippen LogP contribution in [-0.4, -0.2) is 0 Å². The molecule has 0 unspecified atom stereocenters. The van der Waals surface area contributed by atoms with Crippen LogP contribution in [0.2, 0.25) is 0 Å². The minimum Gasteiger partial charge on any atom is -0.0396 e. The van der Waals surface area contributed by atoms with Crippen molar-refractivity contribution in [1.82, 2.24) is 0 Å². The summed E-state index contributed by atoms with van der Waals surface area (Å²) in [4.78, 5) is 0. The average Bonchev–Trinajstić information content (AvgIpc) is 2.38. The summed E-state index contributed by atoms with van der Waals surface area (Å²) < 4.78 is 0. The van der Waals surface area contributed by atoms with E-state index in [0.29, 0.717) is 0 Å². The molecule has 0 heteroatoms. The van der Waals surface area contributed by atoms with Crippen LogP contribution in [0.5, 0.6) is 0 Å². The molecule has 4 saturated carbocycles. The lowest BCUT2D eigenvalue weighted by Gasteiger charge is -1.64. The van der Waals surface area contributed by atoms with Gasteiger partial charge in [0.1, 0.15) is 0 Å². The Bertz CT molecular complexity index is 127. The van der Waals surface area contributed by atoms with Crippen molar-refractivity contribution in [2.75, 3.05) is 0 Å². The first-order valence-electron chi connectivity index (χ1n) is 2.87. The molecule has 30 valence electrons. The van der Waals surface area contributed by atoms with E-state index < -0.39 is 0 Å². The zero-order valence-electron chi connectivity index (χ0n) is 3.62. The zero-order valence-corrected chi connectivity index (χ0v) is 3.62. The van der Waals surface area contributed by atoms with Gasteiger partial charge in [0.2, 0.25) is 0 Å². The molecule has 0 aliphatic heterocycles. The third-order valence-electron chi connectivity index (χ3n) is 4.12. The van der Waals surface area contributed by atoms with Crippen LogP contribution in [0, 0.1) is 16.2 Å². The maximum Gasteiger partial charge on any atom is -0.0161 e. The lowest BCUT2D eigenvalue weighted by Crippen LogP contribution is -1.58. The van der Waals surface area contributed by atoms with E-state index in [4.69, 9.17) is 0 Å². The van der Waals surface area contributed by atoms with Crippen LogP contribution in [0.25, 0.3) is 0 Å². The van der Waals surface area contributed by atoms with Crippen molar-refractivity contribution in [3.8, 4) is 0 Å². The molecule has 0 atom stereocenters. The van der Waals surface area contributed by atoms with Crippen molar-refractivity contribution < 1.29 is 0 Å². The first kappa shape index (κ1) is 1.85. The van der Waals surface area contributed by atoms with Crippen molar-refractivity contribution in [2.45, 2.75) is 19.3 Å². The molecule has 0 nitrogen and oxygen atoms in total. The van der Waals surface area contributed by atoms with E-state index in [0.717, 1.165) is 16.2 Å². The van der Waals surface area contributed by atoms with Crippen LogP contribution < -0.4 is 0 Å². The third kappa shape index (κ3) is 0.0263. The maximum absolute atomic E-state index is 1.65. The predicted octanol–water partition coefficient (Wildman–Crippen LogP) is 1.17. The Morgan fingerprint density at radius 2 is 1.00 bits per heavy atom. The molecule has 0 saturated heterocycles. The van der Waals surface area contributed by atoms with Crippen LogP contribution in [0.4, 0.5) is 0 Å². The second kappa shape index (κ2) is 0.181. The second-order valence-corrected chi connectivity index (χ2v) is 3.78. The largest absolute Gasteiger partial charge is 0.0396 e. The van der Waals surface area contributed by atoms with Crippen molar-refractivity contribution in [1.29, 1.82) is 0 Å². The quantitative estimate of drug-likeness (QED) is 0.408. The molecule has 0 radical (unpaired) electrons. The molecular formula is C6H6. The highest BCUT2D eigenvalue weighted by Gasteiger charge is 3.21. The van der Waals surface area contributed by atoms with Gasteiger partial charge in [-0.15, -0.1) is 0 Å². The molecule has 3 spiro atoms. The van der Waals surface area contributed by atoms with Gasteiger partial charge in [-0.2, -0.15) is 0 Å². The number of hydrogen-bond donors (Lipinski definition) is 0. The van der Waals surface area contributed by atoms with Crippen LogP contribution in [0.3, 0.4) is 0 Å². The summed E-state index contributed by atoms with van der Waals surface area (Å²) in [7, 11) is 0. The highest BCUT2D eigenvalue weighted by atomic mass is 15.2. The van der Waals surface area contributed by atoms with Crippen molar-refractivity contribution in [3.05, 3.63) is 0 Å². The Morgan fingerprint density at radius 1 is 0.667 bits per heavy atom. The Kier molecular flexibility index (Phi) is 0.0560. The first-order valence-corrected chi connectivity index (χ1v) is 2.87. The lowest BCUT2D eigenvalue weighted by molar-refractivity contribution is 0.834. The first-order chi connectivity index (χ1) is 2.87. The monoisotopic (exact) mass is 78.0 g/mol. The molecule has 0 N–H and O–H groups in total. The minimum atomic E-state index is 1.10. The lowest BCUT2D eigenvalue weighted by atomic mass is 10.4. The average molecular weight is 78.1 g/mol. The molecule has 4 aliphatic carbocycles. The second-order valence-electron chi connectivity index (χ2n) is 3.78. The van der Waals surface area contributed by atoms with Gasteiger partial charge in [-0.05, 0) is 35.5 Å². The van der Waals surface area contributed by atoms with Crippen molar-refractivity contribution >= 4 is 0 Å². The molecular weight excluding hydrogens is 72.1 g/mol. The van der Waals surface area contributed by atoms with E-state index in [1.54, 1.807) is 19.3 Å². The molecule has 6 heavy (non-hydrogen) atoms. The molecule has 4 rings (SSSR count). The van der Waals surface area contributed by atoms with Crippen LogP contribution >= 0.6 is 0 Å². The Morgan fingerprint density at radius 3 is 1.00 bits per heavy atom. The van der Waals surface area contributed by atoms with Gasteiger partial charge in [0.25, 0.3) is 0 Å². The van der Waals surface area contributed by atoms with Gasteiger partial charge in [-0.25, -0.2) is 0 Å². The van der Waals surface area contributed by atoms with Gasteiger partial charge in [0, 0.05) is 0 Å². The fraction of sp³-hybridized carbons (Fsp3) is 1.00. The Balaban J connectivity index is 2.46. The van der Waals surface area contributed by atoms with Crippen molar-refractivity contribution in [3.63, 3.8) is 0 Å². The van der Waals surface area contributed by atoms with Gasteiger partial charge < -0.3 is 0 Å². The van der Waals surface area contributed by atoms with Crippen molar-refractivity contribution in [2.24, 2.45) is 16.2 Å². The van der Waals surface area contributed by atoms with Gasteiger partial charge in [0.05, 0.1) is 0 Å².